The van der Waals surface area contributed by atoms with Gasteiger partial charge in [0, 0.05) is 26.1 Å². The lowest BCUT2D eigenvalue weighted by Crippen LogP contribution is -2.34. The molecule has 0 aliphatic heterocycles. The maximum atomic E-state index is 11.5. The van der Waals surface area contributed by atoms with Crippen molar-refractivity contribution in [3.05, 3.63) is 0 Å². The Bertz CT molecular complexity index is 631. The van der Waals surface area contributed by atoms with Crippen LogP contribution in [0.5, 0.6) is 0 Å². The molecule has 2 amide bonds. The molecule has 0 rings (SSSR count). The SMILES string of the molecule is CC(C)(C)OC(=O)NCCOCCOCCOCCOCCOCCOCCOCCCNC(=O)CCC(=O)O. The fourth-order valence-electron chi connectivity index (χ4n) is 2.67. The van der Waals surface area contributed by atoms with E-state index in [1.54, 1.807) is 0 Å². The van der Waals surface area contributed by atoms with E-state index < -0.39 is 17.7 Å². The van der Waals surface area contributed by atoms with Gasteiger partial charge in [-0.3, -0.25) is 9.59 Å². The Kier molecular flexibility index (Phi) is 25.7. The molecule has 0 spiro atoms. The molecule has 0 aliphatic carbocycles. The number of carbonyl (C=O) groups is 3. The molecular formula is C26H50N2O12. The zero-order chi connectivity index (χ0) is 29.7. The molecular weight excluding hydrogens is 532 g/mol. The van der Waals surface area contributed by atoms with Gasteiger partial charge >= 0.3 is 12.1 Å². The Balaban J connectivity index is 3.15. The van der Waals surface area contributed by atoms with Crippen molar-refractivity contribution in [2.24, 2.45) is 0 Å². The zero-order valence-electron chi connectivity index (χ0n) is 24.4. The van der Waals surface area contributed by atoms with Gasteiger partial charge in [-0.2, -0.15) is 0 Å². The number of aliphatic carboxylic acids is 1. The molecule has 3 N–H and O–H groups in total. The number of ether oxygens (including phenoxy) is 8. The number of carbonyl (C=O) groups excluding carboxylic acids is 2. The van der Waals surface area contributed by atoms with E-state index in [9.17, 15) is 14.4 Å². The maximum Gasteiger partial charge on any atom is 0.407 e. The lowest BCUT2D eigenvalue weighted by Gasteiger charge is -2.19. The Morgan fingerprint density at radius 3 is 1.35 bits per heavy atom. The van der Waals surface area contributed by atoms with Crippen LogP contribution >= 0.6 is 0 Å². The number of rotatable bonds is 28. The summed E-state index contributed by atoms with van der Waals surface area (Å²) in [5.41, 5.74) is -0.517. The van der Waals surface area contributed by atoms with Crippen molar-refractivity contribution in [3.63, 3.8) is 0 Å². The number of carboxylic acids is 1. The van der Waals surface area contributed by atoms with Crippen LogP contribution in [0.15, 0.2) is 0 Å². The maximum absolute atomic E-state index is 11.5. The highest BCUT2D eigenvalue weighted by molar-refractivity contribution is 5.80. The molecule has 0 heterocycles. The molecule has 0 radical (unpaired) electrons. The van der Waals surface area contributed by atoms with Gasteiger partial charge in [-0.1, -0.05) is 0 Å². The molecule has 0 aromatic rings. The van der Waals surface area contributed by atoms with E-state index in [4.69, 9.17) is 43.0 Å². The van der Waals surface area contributed by atoms with Crippen molar-refractivity contribution < 1.29 is 57.4 Å². The highest BCUT2D eigenvalue weighted by Crippen LogP contribution is 2.06. The molecule has 0 aromatic carbocycles. The minimum atomic E-state index is -0.985. The molecule has 40 heavy (non-hydrogen) atoms. The summed E-state index contributed by atoms with van der Waals surface area (Å²) in [5.74, 6) is -1.25. The van der Waals surface area contributed by atoms with Crippen molar-refractivity contribution in [2.75, 3.05) is 106 Å². The summed E-state index contributed by atoms with van der Waals surface area (Å²) in [4.78, 5) is 33.2. The summed E-state index contributed by atoms with van der Waals surface area (Å²) in [6.45, 7) is 12.6. The van der Waals surface area contributed by atoms with Crippen molar-refractivity contribution in [3.8, 4) is 0 Å². The minimum Gasteiger partial charge on any atom is -0.481 e. The Hall–Kier alpha value is -2.07. The fraction of sp³-hybridized carbons (Fsp3) is 0.885. The zero-order valence-corrected chi connectivity index (χ0v) is 24.4. The predicted molar refractivity (Wildman–Crippen MR) is 144 cm³/mol. The van der Waals surface area contributed by atoms with Crippen LogP contribution < -0.4 is 10.6 Å². The third-order valence-electron chi connectivity index (χ3n) is 4.50. The van der Waals surface area contributed by atoms with Gasteiger partial charge in [0.2, 0.25) is 5.91 Å². The molecule has 0 aliphatic rings. The molecule has 14 nitrogen and oxygen atoms in total. The largest absolute Gasteiger partial charge is 0.481 e. The van der Waals surface area contributed by atoms with Crippen LogP contribution in [0.1, 0.15) is 40.0 Å². The van der Waals surface area contributed by atoms with Gasteiger partial charge in [-0.15, -0.1) is 0 Å². The van der Waals surface area contributed by atoms with Gasteiger partial charge < -0.3 is 53.6 Å². The van der Waals surface area contributed by atoms with E-state index >= 15 is 0 Å². The summed E-state index contributed by atoms with van der Waals surface area (Å²) < 4.78 is 43.0. The van der Waals surface area contributed by atoms with Gasteiger partial charge in [-0.05, 0) is 27.2 Å². The lowest BCUT2D eigenvalue weighted by atomic mass is 10.2. The molecule has 0 saturated carbocycles. The van der Waals surface area contributed by atoms with Crippen molar-refractivity contribution in [1.29, 1.82) is 0 Å². The van der Waals surface area contributed by atoms with Crippen LogP contribution in [0.3, 0.4) is 0 Å². The number of nitrogens with one attached hydrogen (secondary N) is 2. The number of hydrogen-bond acceptors (Lipinski definition) is 11. The summed E-state index contributed by atoms with van der Waals surface area (Å²) in [6, 6.07) is 0. The third-order valence-corrected chi connectivity index (χ3v) is 4.50. The Morgan fingerprint density at radius 2 is 0.950 bits per heavy atom. The Morgan fingerprint density at radius 1 is 0.550 bits per heavy atom. The van der Waals surface area contributed by atoms with Crippen molar-refractivity contribution >= 4 is 18.0 Å². The average molecular weight is 583 g/mol. The van der Waals surface area contributed by atoms with Crippen molar-refractivity contribution in [2.45, 2.75) is 45.6 Å². The molecule has 0 bridgehead atoms. The third kappa shape index (κ3) is 32.1. The standard InChI is InChI=1S/C26H50N2O12/c1-26(2,3)40-25(32)28-8-10-34-12-14-36-16-18-38-20-22-39-21-19-37-17-15-35-13-11-33-9-4-7-27-23(29)5-6-24(30)31/h4-22H2,1-3H3,(H,27,29)(H,28,32)(H,30,31). The average Bonchev–Trinajstić information content (AvgIpc) is 2.88. The summed E-state index contributed by atoms with van der Waals surface area (Å²) >= 11 is 0. The summed E-state index contributed by atoms with van der Waals surface area (Å²) in [6.07, 6.45) is 0.0117. The Labute approximate surface area is 237 Å². The van der Waals surface area contributed by atoms with E-state index in [2.05, 4.69) is 10.6 Å². The lowest BCUT2D eigenvalue weighted by molar-refractivity contribution is -0.138. The van der Waals surface area contributed by atoms with Gasteiger partial charge in [0.05, 0.1) is 92.3 Å². The van der Waals surface area contributed by atoms with Crippen LogP contribution in [0.4, 0.5) is 4.79 Å². The summed E-state index contributed by atoms with van der Waals surface area (Å²) in [5, 5.41) is 13.8. The fourth-order valence-corrected chi connectivity index (χ4v) is 2.67. The first-order valence-corrected chi connectivity index (χ1v) is 13.7. The van der Waals surface area contributed by atoms with Gasteiger partial charge in [0.1, 0.15) is 5.60 Å². The number of alkyl carbamates (subject to hydrolysis) is 1. The van der Waals surface area contributed by atoms with Crippen LogP contribution in [-0.4, -0.2) is 134 Å². The van der Waals surface area contributed by atoms with Crippen LogP contribution in [0.25, 0.3) is 0 Å². The second-order valence-electron chi connectivity index (χ2n) is 9.31. The highest BCUT2D eigenvalue weighted by atomic mass is 16.6. The van der Waals surface area contributed by atoms with E-state index in [-0.39, 0.29) is 18.7 Å². The molecule has 0 saturated heterocycles. The molecule has 0 atom stereocenters. The number of hydrogen-bond donors (Lipinski definition) is 3. The predicted octanol–water partition coefficient (Wildman–Crippen LogP) is 0.998. The van der Waals surface area contributed by atoms with Crippen LogP contribution in [0.2, 0.25) is 0 Å². The summed E-state index contributed by atoms with van der Waals surface area (Å²) in [7, 11) is 0. The minimum absolute atomic E-state index is 0.0118. The quantitative estimate of drug-likeness (QED) is 0.112. The second kappa shape index (κ2) is 27.1. The first kappa shape index (κ1) is 37.9. The smallest absolute Gasteiger partial charge is 0.407 e. The van der Waals surface area contributed by atoms with Crippen LogP contribution in [-0.2, 0) is 47.5 Å². The molecule has 14 heteroatoms. The van der Waals surface area contributed by atoms with Crippen molar-refractivity contribution in [1.82, 2.24) is 10.6 Å². The van der Waals surface area contributed by atoms with Gasteiger partial charge in [0.25, 0.3) is 0 Å². The molecule has 236 valence electrons. The normalized spacial score (nSPS) is 11.4. The first-order chi connectivity index (χ1) is 19.2. The second-order valence-corrected chi connectivity index (χ2v) is 9.31. The van der Waals surface area contributed by atoms with Gasteiger partial charge in [0.15, 0.2) is 0 Å². The van der Waals surface area contributed by atoms with Gasteiger partial charge in [-0.25, -0.2) is 4.79 Å². The first-order valence-electron chi connectivity index (χ1n) is 13.7. The monoisotopic (exact) mass is 582 g/mol. The number of amides is 2. The van der Waals surface area contributed by atoms with Crippen LogP contribution in [0, 0.1) is 0 Å². The van der Waals surface area contributed by atoms with E-state index in [1.165, 1.54) is 0 Å². The molecule has 0 fully saturated rings. The van der Waals surface area contributed by atoms with E-state index in [1.807, 2.05) is 20.8 Å². The topological polar surface area (TPSA) is 169 Å². The molecule has 0 aromatic heterocycles. The van der Waals surface area contributed by atoms with E-state index in [0.29, 0.717) is 112 Å². The number of carboxylic acid groups (broad SMARTS) is 1. The molecule has 0 unspecified atom stereocenters. The highest BCUT2D eigenvalue weighted by Gasteiger charge is 2.15. The van der Waals surface area contributed by atoms with E-state index in [0.717, 1.165) is 0 Å².